The molecule has 0 radical (unpaired) electrons. The Kier molecular flexibility index (Phi) is 3.78. The lowest BCUT2D eigenvalue weighted by Gasteiger charge is -2.11. The van der Waals surface area contributed by atoms with Gasteiger partial charge in [-0.1, -0.05) is 17.7 Å². The molecule has 0 aliphatic heterocycles. The first-order valence-corrected chi connectivity index (χ1v) is 5.05. The molecule has 1 aromatic carbocycles. The van der Waals surface area contributed by atoms with Gasteiger partial charge < -0.3 is 9.84 Å². The molecule has 0 fully saturated rings. The summed E-state index contributed by atoms with van der Waals surface area (Å²) in [4.78, 5) is 0. The second kappa shape index (κ2) is 4.87. The van der Waals surface area contributed by atoms with Crippen molar-refractivity contribution in [2.75, 3.05) is 7.11 Å². The highest BCUT2D eigenvalue weighted by molar-refractivity contribution is 5.49. The second-order valence-corrected chi connectivity index (χ2v) is 3.90. The Morgan fingerprint density at radius 3 is 2.60 bits per heavy atom. The third kappa shape index (κ3) is 2.75. The van der Waals surface area contributed by atoms with Gasteiger partial charge in [0, 0.05) is 5.56 Å². The Morgan fingerprint density at radius 1 is 1.40 bits per heavy atom. The van der Waals surface area contributed by atoms with Crippen LogP contribution in [0.4, 0.5) is 0 Å². The number of benzene rings is 1. The topological polar surface area (TPSA) is 29.5 Å². The molecule has 0 bridgehead atoms. The maximum Gasteiger partial charge on any atom is 0.128 e. The standard InChI is InChI=1S/C13H18O2/c1-9(2)5-7-11-12(14)8-6-10(3)13(11)15-4/h5-6,8,14H,7H2,1-4H3. The molecule has 0 saturated carbocycles. The average Bonchev–Trinajstić information content (AvgIpc) is 2.19. The summed E-state index contributed by atoms with van der Waals surface area (Å²) < 4.78 is 5.30. The van der Waals surface area contributed by atoms with Crippen LogP contribution in [0.15, 0.2) is 23.8 Å². The van der Waals surface area contributed by atoms with Gasteiger partial charge in [0.2, 0.25) is 0 Å². The lowest BCUT2D eigenvalue weighted by molar-refractivity contribution is 0.398. The van der Waals surface area contributed by atoms with Crippen molar-refractivity contribution in [2.24, 2.45) is 0 Å². The molecule has 1 rings (SSSR count). The third-order valence-corrected chi connectivity index (χ3v) is 2.35. The fraction of sp³-hybridized carbons (Fsp3) is 0.385. The normalized spacial score (nSPS) is 9.87. The van der Waals surface area contributed by atoms with E-state index in [1.807, 2.05) is 26.8 Å². The van der Waals surface area contributed by atoms with E-state index in [9.17, 15) is 5.11 Å². The molecule has 0 aliphatic rings. The van der Waals surface area contributed by atoms with Gasteiger partial charge in [-0.25, -0.2) is 0 Å². The van der Waals surface area contributed by atoms with Crippen molar-refractivity contribution in [3.05, 3.63) is 34.9 Å². The highest BCUT2D eigenvalue weighted by Crippen LogP contribution is 2.31. The maximum atomic E-state index is 9.75. The molecule has 0 aliphatic carbocycles. The predicted molar refractivity (Wildman–Crippen MR) is 62.5 cm³/mol. The largest absolute Gasteiger partial charge is 0.508 e. The summed E-state index contributed by atoms with van der Waals surface area (Å²) in [6.45, 7) is 6.06. The number of ether oxygens (including phenoxy) is 1. The minimum Gasteiger partial charge on any atom is -0.508 e. The van der Waals surface area contributed by atoms with Gasteiger partial charge in [-0.2, -0.15) is 0 Å². The summed E-state index contributed by atoms with van der Waals surface area (Å²) >= 11 is 0. The van der Waals surface area contributed by atoms with Crippen molar-refractivity contribution in [1.29, 1.82) is 0 Å². The summed E-state index contributed by atoms with van der Waals surface area (Å²) in [7, 11) is 1.63. The SMILES string of the molecule is COc1c(C)ccc(O)c1CC=C(C)C. The zero-order valence-corrected chi connectivity index (χ0v) is 9.79. The maximum absolute atomic E-state index is 9.75. The molecular formula is C13H18O2. The van der Waals surface area contributed by atoms with Gasteiger partial charge in [-0.05, 0) is 38.8 Å². The van der Waals surface area contributed by atoms with Gasteiger partial charge in [0.05, 0.1) is 7.11 Å². The number of aryl methyl sites for hydroxylation is 1. The molecule has 82 valence electrons. The van der Waals surface area contributed by atoms with Crippen LogP contribution in [0.1, 0.15) is 25.0 Å². The predicted octanol–water partition coefficient (Wildman–Crippen LogP) is 3.22. The van der Waals surface area contributed by atoms with Crippen LogP contribution in [-0.2, 0) is 6.42 Å². The molecule has 2 nitrogen and oxygen atoms in total. The monoisotopic (exact) mass is 206 g/mol. The van der Waals surface area contributed by atoms with E-state index in [1.54, 1.807) is 13.2 Å². The molecule has 0 aromatic heterocycles. The Balaban J connectivity index is 3.13. The van der Waals surface area contributed by atoms with Gasteiger partial charge in [-0.3, -0.25) is 0 Å². The van der Waals surface area contributed by atoms with Crippen molar-refractivity contribution in [3.8, 4) is 11.5 Å². The molecule has 0 saturated heterocycles. The second-order valence-electron chi connectivity index (χ2n) is 3.90. The average molecular weight is 206 g/mol. The van der Waals surface area contributed by atoms with E-state index in [0.29, 0.717) is 12.2 Å². The fourth-order valence-corrected chi connectivity index (χ4v) is 1.52. The van der Waals surface area contributed by atoms with Crippen LogP contribution in [-0.4, -0.2) is 12.2 Å². The number of rotatable bonds is 3. The highest BCUT2D eigenvalue weighted by Gasteiger charge is 2.09. The number of aromatic hydroxyl groups is 1. The van der Waals surface area contributed by atoms with Crippen LogP contribution < -0.4 is 4.74 Å². The molecule has 1 aromatic rings. The highest BCUT2D eigenvalue weighted by atomic mass is 16.5. The van der Waals surface area contributed by atoms with E-state index in [0.717, 1.165) is 16.9 Å². The van der Waals surface area contributed by atoms with Crippen LogP contribution in [0.25, 0.3) is 0 Å². The summed E-state index contributed by atoms with van der Waals surface area (Å²) in [6, 6.07) is 3.58. The van der Waals surface area contributed by atoms with E-state index in [-0.39, 0.29) is 0 Å². The lowest BCUT2D eigenvalue weighted by atomic mass is 10.0. The molecular weight excluding hydrogens is 188 g/mol. The van der Waals surface area contributed by atoms with Crippen molar-refractivity contribution >= 4 is 0 Å². The first-order valence-electron chi connectivity index (χ1n) is 5.05. The number of allylic oxidation sites excluding steroid dienone is 2. The van der Waals surface area contributed by atoms with Crippen LogP contribution in [0.5, 0.6) is 11.5 Å². The molecule has 2 heteroatoms. The quantitative estimate of drug-likeness (QED) is 0.769. The van der Waals surface area contributed by atoms with Crippen molar-refractivity contribution < 1.29 is 9.84 Å². The van der Waals surface area contributed by atoms with Crippen molar-refractivity contribution in [1.82, 2.24) is 0 Å². The van der Waals surface area contributed by atoms with Gasteiger partial charge in [0.25, 0.3) is 0 Å². The van der Waals surface area contributed by atoms with E-state index in [1.165, 1.54) is 5.57 Å². The van der Waals surface area contributed by atoms with E-state index >= 15 is 0 Å². The lowest BCUT2D eigenvalue weighted by Crippen LogP contribution is -1.94. The van der Waals surface area contributed by atoms with Crippen LogP contribution in [0.2, 0.25) is 0 Å². The summed E-state index contributed by atoms with van der Waals surface area (Å²) in [5.74, 6) is 1.09. The smallest absolute Gasteiger partial charge is 0.128 e. The van der Waals surface area contributed by atoms with Crippen molar-refractivity contribution in [3.63, 3.8) is 0 Å². The minimum absolute atomic E-state index is 0.301. The zero-order valence-electron chi connectivity index (χ0n) is 9.79. The van der Waals surface area contributed by atoms with E-state index in [2.05, 4.69) is 6.08 Å². The van der Waals surface area contributed by atoms with Crippen molar-refractivity contribution in [2.45, 2.75) is 27.2 Å². The third-order valence-electron chi connectivity index (χ3n) is 2.35. The molecule has 0 amide bonds. The zero-order chi connectivity index (χ0) is 11.4. The first-order chi connectivity index (χ1) is 7.06. The Morgan fingerprint density at radius 2 is 2.07 bits per heavy atom. The van der Waals surface area contributed by atoms with Gasteiger partial charge in [0.15, 0.2) is 0 Å². The number of hydrogen-bond donors (Lipinski definition) is 1. The van der Waals surface area contributed by atoms with Gasteiger partial charge in [-0.15, -0.1) is 0 Å². The molecule has 0 heterocycles. The number of phenols is 1. The summed E-state index contributed by atoms with van der Waals surface area (Å²) in [6.07, 6.45) is 2.79. The fourth-order valence-electron chi connectivity index (χ4n) is 1.52. The van der Waals surface area contributed by atoms with Gasteiger partial charge in [0.1, 0.15) is 11.5 Å². The molecule has 0 spiro atoms. The van der Waals surface area contributed by atoms with Crippen LogP contribution in [0, 0.1) is 6.92 Å². The van der Waals surface area contributed by atoms with Crippen LogP contribution >= 0.6 is 0 Å². The molecule has 1 N–H and O–H groups in total. The Bertz CT molecular complexity index is 374. The molecule has 0 unspecified atom stereocenters. The number of hydrogen-bond acceptors (Lipinski definition) is 2. The number of methoxy groups -OCH3 is 1. The number of phenolic OH excluding ortho intramolecular Hbond substituents is 1. The minimum atomic E-state index is 0.301. The Labute approximate surface area is 91.2 Å². The summed E-state index contributed by atoms with van der Waals surface area (Å²) in [5.41, 5.74) is 3.14. The molecule has 15 heavy (non-hydrogen) atoms. The molecule has 0 atom stereocenters. The first kappa shape index (κ1) is 11.6. The van der Waals surface area contributed by atoms with E-state index in [4.69, 9.17) is 4.74 Å². The van der Waals surface area contributed by atoms with E-state index < -0.39 is 0 Å². The van der Waals surface area contributed by atoms with Crippen LogP contribution in [0.3, 0.4) is 0 Å². The Hall–Kier alpha value is -1.44. The van der Waals surface area contributed by atoms with Gasteiger partial charge >= 0.3 is 0 Å². The summed E-state index contributed by atoms with van der Waals surface area (Å²) in [5, 5.41) is 9.75.